The van der Waals surface area contributed by atoms with Crippen molar-refractivity contribution in [2.75, 3.05) is 24.5 Å². The number of benzene rings is 2. The summed E-state index contributed by atoms with van der Waals surface area (Å²) in [5, 5.41) is 3.82. The lowest BCUT2D eigenvalue weighted by molar-refractivity contribution is 0.362. The molecular formula is C35H43N5S. The molecule has 2 unspecified atom stereocenters. The monoisotopic (exact) mass is 565 g/mol. The molecule has 1 aromatic heterocycles. The summed E-state index contributed by atoms with van der Waals surface area (Å²) >= 11 is 4.46. The van der Waals surface area contributed by atoms with Crippen LogP contribution in [0.4, 0.5) is 5.69 Å². The van der Waals surface area contributed by atoms with Gasteiger partial charge in [0.05, 0.1) is 12.2 Å². The van der Waals surface area contributed by atoms with Gasteiger partial charge >= 0.3 is 0 Å². The Bertz CT molecular complexity index is 1420. The maximum atomic E-state index is 5.35. The molecule has 0 spiro atoms. The molecule has 6 heteroatoms. The summed E-state index contributed by atoms with van der Waals surface area (Å²) in [5.41, 5.74) is 17.2. The molecule has 4 aliphatic rings. The van der Waals surface area contributed by atoms with E-state index < -0.39 is 0 Å². The molecule has 2 atom stereocenters. The molecule has 2 fully saturated rings. The summed E-state index contributed by atoms with van der Waals surface area (Å²) in [5.74, 6) is 0. The highest BCUT2D eigenvalue weighted by Gasteiger charge is 2.34. The Morgan fingerprint density at radius 1 is 1.05 bits per heavy atom. The molecule has 3 aliphatic heterocycles. The van der Waals surface area contributed by atoms with Gasteiger partial charge in [-0.25, -0.2) is 0 Å². The van der Waals surface area contributed by atoms with Crippen LogP contribution in [0.15, 0.2) is 72.3 Å². The number of hydrogen-bond donors (Lipinski definition) is 3. The van der Waals surface area contributed by atoms with E-state index in [-0.39, 0.29) is 0 Å². The molecule has 3 aromatic rings. The Hall–Kier alpha value is -3.22. The molecule has 3 N–H and O–H groups in total. The lowest BCUT2D eigenvalue weighted by Crippen LogP contribution is -2.51. The second kappa shape index (κ2) is 12.3. The molecule has 1 aliphatic carbocycles. The van der Waals surface area contributed by atoms with Crippen molar-refractivity contribution in [3.8, 4) is 0 Å². The minimum absolute atomic E-state index is 0.632. The van der Waals surface area contributed by atoms with Gasteiger partial charge in [-0.3, -0.25) is 4.98 Å². The maximum absolute atomic E-state index is 5.35. The van der Waals surface area contributed by atoms with Crippen LogP contribution in [0.5, 0.6) is 0 Å². The standard InChI is InChI=1S/C33H38N4S.C2H5N/c1-22-4-2-5-24-6-3-7-31(33(22)24)36-17-16-29-30(21-36)35-25(11-8-23-9-14-28(38)15-10-23)18-32(29)37-19-26-12-13-27(20-37)34-26;1-2-3/h2,4-5,7,9-10,14-15,18,26-27,34,38H,3,6,8,11-13,16-17,19-21H2,1H3;2H,1,3H2. The number of allylic oxidation sites excluding steroid dienone is 1. The van der Waals surface area contributed by atoms with Gasteiger partial charge in [0.2, 0.25) is 0 Å². The lowest BCUT2D eigenvalue weighted by atomic mass is 9.89. The Kier molecular flexibility index (Phi) is 8.40. The third kappa shape index (κ3) is 6.05. The fraction of sp³-hybridized carbons (Fsp3) is 0.400. The summed E-state index contributed by atoms with van der Waals surface area (Å²) < 4.78 is 0. The third-order valence-electron chi connectivity index (χ3n) is 9.08. The van der Waals surface area contributed by atoms with E-state index in [0.717, 1.165) is 63.2 Å². The van der Waals surface area contributed by atoms with E-state index >= 15 is 0 Å². The fourth-order valence-electron chi connectivity index (χ4n) is 7.18. The number of pyridine rings is 1. The van der Waals surface area contributed by atoms with Crippen LogP contribution in [-0.2, 0) is 32.2 Å². The first kappa shape index (κ1) is 27.9. The van der Waals surface area contributed by atoms with Gasteiger partial charge in [0.1, 0.15) is 0 Å². The van der Waals surface area contributed by atoms with Crippen LogP contribution in [0.25, 0.3) is 5.70 Å². The summed E-state index contributed by atoms with van der Waals surface area (Å²) in [6.45, 7) is 9.62. The Labute approximate surface area is 251 Å². The summed E-state index contributed by atoms with van der Waals surface area (Å²) in [4.78, 5) is 11.7. The number of hydrogen-bond acceptors (Lipinski definition) is 6. The average Bonchev–Trinajstić information content (AvgIpc) is 3.33. The molecular weight excluding hydrogens is 522 g/mol. The quantitative estimate of drug-likeness (QED) is 0.340. The molecule has 0 saturated carbocycles. The van der Waals surface area contributed by atoms with Crippen molar-refractivity contribution in [2.45, 2.75) is 75.4 Å². The minimum atomic E-state index is 0.632. The van der Waals surface area contributed by atoms with Crippen molar-refractivity contribution in [3.05, 3.63) is 107 Å². The maximum Gasteiger partial charge on any atom is 0.0653 e. The van der Waals surface area contributed by atoms with Crippen LogP contribution >= 0.6 is 12.6 Å². The van der Waals surface area contributed by atoms with Crippen molar-refractivity contribution in [1.29, 1.82) is 0 Å². The van der Waals surface area contributed by atoms with Gasteiger partial charge in [0.25, 0.3) is 0 Å². The highest BCUT2D eigenvalue weighted by atomic mass is 32.1. The fourth-order valence-corrected chi connectivity index (χ4v) is 7.33. The molecule has 2 bridgehead atoms. The Balaban J connectivity index is 0.000000967. The molecule has 214 valence electrons. The molecule has 5 nitrogen and oxygen atoms in total. The number of aromatic nitrogens is 1. The van der Waals surface area contributed by atoms with E-state index in [1.165, 1.54) is 69.6 Å². The first-order valence-corrected chi connectivity index (χ1v) is 15.6. The van der Waals surface area contributed by atoms with Crippen molar-refractivity contribution >= 4 is 24.0 Å². The number of anilines is 1. The van der Waals surface area contributed by atoms with E-state index in [0.29, 0.717) is 12.1 Å². The summed E-state index contributed by atoms with van der Waals surface area (Å²) in [6.07, 6.45) is 11.7. The van der Waals surface area contributed by atoms with Crippen LogP contribution in [-0.4, -0.2) is 41.6 Å². The Morgan fingerprint density at radius 2 is 1.80 bits per heavy atom. The number of piperazine rings is 1. The highest BCUT2D eigenvalue weighted by molar-refractivity contribution is 7.80. The van der Waals surface area contributed by atoms with Gasteiger partial charge in [0, 0.05) is 64.8 Å². The summed E-state index contributed by atoms with van der Waals surface area (Å²) in [6, 6.07) is 19.1. The number of nitrogens with two attached hydrogens (primary N) is 1. The molecule has 0 amide bonds. The average molecular weight is 566 g/mol. The molecule has 2 aromatic carbocycles. The van der Waals surface area contributed by atoms with Crippen molar-refractivity contribution in [2.24, 2.45) is 5.73 Å². The molecule has 41 heavy (non-hydrogen) atoms. The molecule has 4 heterocycles. The van der Waals surface area contributed by atoms with Crippen LogP contribution in [0, 0.1) is 6.92 Å². The third-order valence-corrected chi connectivity index (χ3v) is 9.38. The zero-order valence-corrected chi connectivity index (χ0v) is 25.2. The van der Waals surface area contributed by atoms with Crippen LogP contribution in [0.1, 0.15) is 58.5 Å². The number of thiol groups is 1. The predicted molar refractivity (Wildman–Crippen MR) is 173 cm³/mol. The SMILES string of the molecule is C=CN.Cc1cccc2c1C(N1CCc3c(N4CC5CCC(C4)N5)cc(CCc4ccc(S)cc4)nc3C1)=CCC2. The van der Waals surface area contributed by atoms with Crippen LogP contribution in [0.3, 0.4) is 0 Å². The van der Waals surface area contributed by atoms with Gasteiger partial charge in [0.15, 0.2) is 0 Å². The topological polar surface area (TPSA) is 57.4 Å². The van der Waals surface area contributed by atoms with E-state index in [1.54, 1.807) is 0 Å². The number of fused-ring (bicyclic) bond motifs is 4. The van der Waals surface area contributed by atoms with Crippen molar-refractivity contribution in [1.82, 2.24) is 15.2 Å². The van der Waals surface area contributed by atoms with Crippen LogP contribution < -0.4 is 16.0 Å². The van der Waals surface area contributed by atoms with E-state index in [1.807, 2.05) is 0 Å². The molecule has 2 saturated heterocycles. The summed E-state index contributed by atoms with van der Waals surface area (Å²) in [7, 11) is 0. The van der Waals surface area contributed by atoms with E-state index in [2.05, 4.69) is 102 Å². The van der Waals surface area contributed by atoms with Gasteiger partial charge in [-0.1, -0.05) is 43.0 Å². The highest BCUT2D eigenvalue weighted by Crippen LogP contribution is 2.38. The molecule has 7 rings (SSSR count). The predicted octanol–water partition coefficient (Wildman–Crippen LogP) is 5.84. The van der Waals surface area contributed by atoms with Crippen molar-refractivity contribution in [3.63, 3.8) is 0 Å². The second-order valence-electron chi connectivity index (χ2n) is 11.9. The smallest absolute Gasteiger partial charge is 0.0653 e. The van der Waals surface area contributed by atoms with Crippen LogP contribution in [0.2, 0.25) is 0 Å². The minimum Gasteiger partial charge on any atom is -0.405 e. The largest absolute Gasteiger partial charge is 0.405 e. The zero-order valence-electron chi connectivity index (χ0n) is 24.3. The first-order valence-electron chi connectivity index (χ1n) is 15.2. The van der Waals surface area contributed by atoms with Crippen molar-refractivity contribution < 1.29 is 0 Å². The van der Waals surface area contributed by atoms with Gasteiger partial charge in [-0.05, 0) is 93.0 Å². The van der Waals surface area contributed by atoms with Gasteiger partial charge in [-0.15, -0.1) is 12.6 Å². The lowest BCUT2D eigenvalue weighted by Gasteiger charge is -2.39. The van der Waals surface area contributed by atoms with E-state index in [4.69, 9.17) is 4.98 Å². The van der Waals surface area contributed by atoms with E-state index in [9.17, 15) is 0 Å². The Morgan fingerprint density at radius 3 is 2.56 bits per heavy atom. The normalized spacial score (nSPS) is 20.9. The molecule has 0 radical (unpaired) electrons. The number of nitrogens with zero attached hydrogens (tertiary/aromatic N) is 3. The number of rotatable bonds is 5. The number of nitrogens with one attached hydrogen (secondary N) is 1. The second-order valence-corrected chi connectivity index (χ2v) is 12.4. The van der Waals surface area contributed by atoms with Gasteiger partial charge < -0.3 is 20.9 Å². The first-order chi connectivity index (χ1) is 20.0. The zero-order chi connectivity index (χ0) is 28.3. The number of aryl methyl sites for hydroxylation is 4. The van der Waals surface area contributed by atoms with Gasteiger partial charge in [-0.2, -0.15) is 0 Å².